The molecule has 0 amide bonds. The van der Waals surface area contributed by atoms with E-state index in [0.29, 0.717) is 13.2 Å². The molecule has 0 bridgehead atoms. The number of nitrogens with zero attached hydrogens (tertiary/aromatic N) is 2. The minimum Gasteiger partial charge on any atom is -0.466 e. The summed E-state index contributed by atoms with van der Waals surface area (Å²) in [6.45, 7) is 4.48. The second-order valence-electron chi connectivity index (χ2n) is 7.23. The molecule has 1 aromatic carbocycles. The van der Waals surface area contributed by atoms with Crippen molar-refractivity contribution in [2.75, 3.05) is 33.3 Å². The fraction of sp³-hybridized carbons (Fsp3) is 0.600. The van der Waals surface area contributed by atoms with E-state index in [9.17, 15) is 9.18 Å². The fourth-order valence-corrected chi connectivity index (χ4v) is 3.74. The first kappa shape index (κ1) is 18.7. The molecule has 1 aliphatic heterocycles. The molecule has 2 fully saturated rings. The maximum Gasteiger partial charge on any atom is 0.310 e. The Balaban J connectivity index is 1.60. The molecule has 1 atom stereocenters. The number of carbonyl (C=O) groups is 1. The molecule has 1 heterocycles. The van der Waals surface area contributed by atoms with Crippen molar-refractivity contribution in [2.45, 2.75) is 38.0 Å². The van der Waals surface area contributed by atoms with Crippen LogP contribution in [0, 0.1) is 11.7 Å². The molecule has 1 aromatic rings. The Hall–Kier alpha value is -2.11. The summed E-state index contributed by atoms with van der Waals surface area (Å²) in [5.74, 6) is 0.402. The fourth-order valence-electron chi connectivity index (χ4n) is 3.74. The maximum atomic E-state index is 13.6. The summed E-state index contributed by atoms with van der Waals surface area (Å²) in [5, 5.41) is 3.45. The lowest BCUT2D eigenvalue weighted by Crippen LogP contribution is -2.49. The Kier molecular flexibility index (Phi) is 5.79. The van der Waals surface area contributed by atoms with Crippen LogP contribution in [0.3, 0.4) is 0 Å². The highest BCUT2D eigenvalue weighted by molar-refractivity contribution is 5.81. The average Bonchev–Trinajstić information content (AvgIpc) is 3.44. The molecule has 1 saturated carbocycles. The van der Waals surface area contributed by atoms with Crippen molar-refractivity contribution in [3.05, 3.63) is 35.6 Å². The number of benzene rings is 1. The number of piperidine rings is 1. The van der Waals surface area contributed by atoms with Gasteiger partial charge in [0, 0.05) is 32.1 Å². The number of hydrogen-bond acceptors (Lipinski definition) is 3. The lowest BCUT2D eigenvalue weighted by atomic mass is 9.95. The number of hydrogen-bond donors (Lipinski definition) is 1. The van der Waals surface area contributed by atoms with Gasteiger partial charge in [0.15, 0.2) is 5.96 Å². The predicted molar refractivity (Wildman–Crippen MR) is 99.6 cm³/mol. The molecule has 0 spiro atoms. The van der Waals surface area contributed by atoms with Crippen molar-refractivity contribution in [1.82, 2.24) is 10.2 Å². The van der Waals surface area contributed by atoms with Crippen LogP contribution in [-0.4, -0.2) is 50.1 Å². The normalized spacial score (nSPS) is 22.0. The summed E-state index contributed by atoms with van der Waals surface area (Å²) in [6, 6.07) is 6.89. The first-order valence-electron chi connectivity index (χ1n) is 9.46. The zero-order valence-corrected chi connectivity index (χ0v) is 15.6. The van der Waals surface area contributed by atoms with Crippen LogP contribution in [0.2, 0.25) is 0 Å². The van der Waals surface area contributed by atoms with Crippen LogP contribution in [0.25, 0.3) is 0 Å². The number of rotatable bonds is 5. The highest BCUT2D eigenvalue weighted by Gasteiger charge is 2.44. The molecule has 1 saturated heterocycles. The standard InChI is InChI=1S/C20H28FN3O2/c1-3-26-18(25)15-6-5-11-24(13-15)19(22-2)23-14-20(9-10-20)16-7-4-8-17(21)12-16/h4,7-8,12,15H,3,5-6,9-11,13-14H2,1-2H3,(H,22,23). The number of carbonyl (C=O) groups excluding carboxylic acids is 1. The number of ether oxygens (including phenoxy) is 1. The summed E-state index contributed by atoms with van der Waals surface area (Å²) in [5.41, 5.74) is 1.04. The zero-order valence-electron chi connectivity index (χ0n) is 15.6. The topological polar surface area (TPSA) is 53.9 Å². The molecule has 2 aliphatic rings. The molecule has 26 heavy (non-hydrogen) atoms. The van der Waals surface area contributed by atoms with Crippen molar-refractivity contribution < 1.29 is 13.9 Å². The summed E-state index contributed by atoms with van der Waals surface area (Å²) in [7, 11) is 1.76. The van der Waals surface area contributed by atoms with Crippen molar-refractivity contribution in [2.24, 2.45) is 10.9 Å². The van der Waals surface area contributed by atoms with Crippen LogP contribution in [0.4, 0.5) is 4.39 Å². The lowest BCUT2D eigenvalue weighted by molar-refractivity contribution is -0.149. The Morgan fingerprint density at radius 2 is 2.27 bits per heavy atom. The highest BCUT2D eigenvalue weighted by Crippen LogP contribution is 2.47. The molecule has 6 heteroatoms. The summed E-state index contributed by atoms with van der Waals surface area (Å²) >= 11 is 0. The van der Waals surface area contributed by atoms with E-state index in [4.69, 9.17) is 4.74 Å². The summed E-state index contributed by atoms with van der Waals surface area (Å²) in [4.78, 5) is 18.6. The van der Waals surface area contributed by atoms with E-state index in [-0.39, 0.29) is 23.1 Å². The average molecular weight is 361 g/mol. The molecular formula is C20H28FN3O2. The zero-order chi connectivity index (χ0) is 18.6. The first-order chi connectivity index (χ1) is 12.6. The Labute approximate surface area is 154 Å². The van der Waals surface area contributed by atoms with Gasteiger partial charge in [0.05, 0.1) is 12.5 Å². The quantitative estimate of drug-likeness (QED) is 0.498. The molecule has 1 aliphatic carbocycles. The monoisotopic (exact) mass is 361 g/mol. The van der Waals surface area contributed by atoms with Crippen LogP contribution in [0.5, 0.6) is 0 Å². The largest absolute Gasteiger partial charge is 0.466 e. The van der Waals surface area contributed by atoms with E-state index >= 15 is 0 Å². The molecule has 5 nitrogen and oxygen atoms in total. The highest BCUT2D eigenvalue weighted by atomic mass is 19.1. The summed E-state index contributed by atoms with van der Waals surface area (Å²) < 4.78 is 18.7. The van der Waals surface area contributed by atoms with Crippen molar-refractivity contribution >= 4 is 11.9 Å². The number of halogens is 1. The van der Waals surface area contributed by atoms with Crippen molar-refractivity contribution in [1.29, 1.82) is 0 Å². The lowest BCUT2D eigenvalue weighted by Gasteiger charge is -2.34. The van der Waals surface area contributed by atoms with Gasteiger partial charge in [0.25, 0.3) is 0 Å². The van der Waals surface area contributed by atoms with Gasteiger partial charge in [-0.05, 0) is 50.3 Å². The third-order valence-electron chi connectivity index (χ3n) is 5.43. The van der Waals surface area contributed by atoms with Crippen LogP contribution in [0.15, 0.2) is 29.3 Å². The van der Waals surface area contributed by atoms with Crippen LogP contribution in [-0.2, 0) is 14.9 Å². The maximum absolute atomic E-state index is 13.6. The van der Waals surface area contributed by atoms with Gasteiger partial charge < -0.3 is 15.0 Å². The smallest absolute Gasteiger partial charge is 0.310 e. The molecule has 1 unspecified atom stereocenters. The van der Waals surface area contributed by atoms with Gasteiger partial charge in [0.2, 0.25) is 0 Å². The number of nitrogens with one attached hydrogen (secondary N) is 1. The molecule has 3 rings (SSSR count). The number of likely N-dealkylation sites (tertiary alicyclic amines) is 1. The van der Waals surface area contributed by atoms with Crippen molar-refractivity contribution in [3.8, 4) is 0 Å². The number of esters is 1. The molecular weight excluding hydrogens is 333 g/mol. The molecule has 0 radical (unpaired) electrons. The second-order valence-corrected chi connectivity index (χ2v) is 7.23. The molecule has 0 aromatic heterocycles. The molecule has 1 N–H and O–H groups in total. The second kappa shape index (κ2) is 8.06. The predicted octanol–water partition coefficient (Wildman–Crippen LogP) is 2.71. The van der Waals surface area contributed by atoms with Crippen LogP contribution in [0.1, 0.15) is 38.2 Å². The van der Waals surface area contributed by atoms with Crippen molar-refractivity contribution in [3.63, 3.8) is 0 Å². The third kappa shape index (κ3) is 4.17. The molecule has 142 valence electrons. The van der Waals surface area contributed by atoms with Gasteiger partial charge in [0.1, 0.15) is 5.82 Å². The van der Waals surface area contributed by atoms with E-state index < -0.39 is 0 Å². The van der Waals surface area contributed by atoms with Gasteiger partial charge in [-0.2, -0.15) is 0 Å². The van der Waals surface area contributed by atoms with E-state index in [1.165, 1.54) is 6.07 Å². The van der Waals surface area contributed by atoms with E-state index in [2.05, 4.69) is 15.2 Å². The van der Waals surface area contributed by atoms with Gasteiger partial charge >= 0.3 is 5.97 Å². The third-order valence-corrected chi connectivity index (χ3v) is 5.43. The SMILES string of the molecule is CCOC(=O)C1CCCN(C(=NC)NCC2(c3cccc(F)c3)CC2)C1. The number of aliphatic imine (C=N–C) groups is 1. The van der Waals surface area contributed by atoms with E-state index in [1.807, 2.05) is 13.0 Å². The van der Waals surface area contributed by atoms with Gasteiger partial charge in [-0.15, -0.1) is 0 Å². The minimum atomic E-state index is -0.188. The van der Waals surface area contributed by atoms with Gasteiger partial charge in [-0.25, -0.2) is 4.39 Å². The van der Waals surface area contributed by atoms with Gasteiger partial charge in [-0.1, -0.05) is 12.1 Å². The Bertz CT molecular complexity index is 673. The Morgan fingerprint density at radius 1 is 1.46 bits per heavy atom. The van der Waals surface area contributed by atoms with E-state index in [0.717, 1.165) is 50.3 Å². The van der Waals surface area contributed by atoms with E-state index in [1.54, 1.807) is 19.2 Å². The number of guanidine groups is 1. The van der Waals surface area contributed by atoms with Crippen LogP contribution >= 0.6 is 0 Å². The first-order valence-corrected chi connectivity index (χ1v) is 9.46. The minimum absolute atomic E-state index is 0.00559. The van der Waals surface area contributed by atoms with Gasteiger partial charge in [-0.3, -0.25) is 9.79 Å². The Morgan fingerprint density at radius 3 is 2.92 bits per heavy atom. The summed E-state index contributed by atoms with van der Waals surface area (Å²) in [6.07, 6.45) is 3.90. The van der Waals surface area contributed by atoms with Crippen LogP contribution < -0.4 is 5.32 Å².